The molecular weight excluding hydrogens is 341 g/mol. The molecule has 1 aromatic carbocycles. The summed E-state index contributed by atoms with van der Waals surface area (Å²) < 4.78 is 14.1. The Kier molecular flexibility index (Phi) is 3.58. The number of urea groups is 1. The van der Waals surface area contributed by atoms with Gasteiger partial charge in [-0.1, -0.05) is 6.07 Å². The maximum absolute atomic E-state index is 14.1. The summed E-state index contributed by atoms with van der Waals surface area (Å²) in [4.78, 5) is 27.7. The lowest BCUT2D eigenvalue weighted by Crippen LogP contribution is -2.46. The Labute approximate surface area is 147 Å². The maximum atomic E-state index is 14.1. The van der Waals surface area contributed by atoms with Crippen LogP contribution in [0, 0.1) is 17.1 Å². The summed E-state index contributed by atoms with van der Waals surface area (Å²) in [5.74, 6) is -0.930. The molecule has 1 N–H and O–H groups in total. The fourth-order valence-corrected chi connectivity index (χ4v) is 4.60. The van der Waals surface area contributed by atoms with E-state index in [2.05, 4.69) is 5.32 Å². The number of nitrogens with one attached hydrogen (secondary N) is 1. The van der Waals surface area contributed by atoms with Crippen LogP contribution in [0.5, 0.6) is 0 Å². The van der Waals surface area contributed by atoms with Gasteiger partial charge < -0.3 is 5.32 Å². The highest BCUT2D eigenvalue weighted by Crippen LogP contribution is 2.42. The number of thiophene rings is 1. The van der Waals surface area contributed by atoms with E-state index in [-0.39, 0.29) is 23.6 Å². The largest absolute Gasteiger partial charge is 0.325 e. The minimum absolute atomic E-state index is 0.149. The molecule has 1 saturated heterocycles. The second-order valence-corrected chi connectivity index (χ2v) is 7.26. The highest BCUT2D eigenvalue weighted by Gasteiger charge is 2.54. The molecule has 0 bridgehead atoms. The quantitative estimate of drug-likeness (QED) is 0.842. The number of aryl methyl sites for hydroxylation is 1. The predicted octanol–water partition coefficient (Wildman–Crippen LogP) is 3.04. The number of carbonyl (C=O) groups excluding carboxylic acids is 2. The van der Waals surface area contributed by atoms with Gasteiger partial charge in [-0.15, -0.1) is 11.3 Å². The van der Waals surface area contributed by atoms with E-state index in [4.69, 9.17) is 5.26 Å². The van der Waals surface area contributed by atoms with E-state index in [9.17, 15) is 14.0 Å². The third-order valence-electron chi connectivity index (χ3n) is 4.85. The molecule has 1 spiro atoms. The van der Waals surface area contributed by atoms with Crippen molar-refractivity contribution in [3.63, 3.8) is 0 Å². The van der Waals surface area contributed by atoms with E-state index in [1.165, 1.54) is 12.1 Å². The first-order chi connectivity index (χ1) is 12.0. The molecule has 0 saturated carbocycles. The van der Waals surface area contributed by atoms with Crippen LogP contribution in [-0.2, 0) is 23.3 Å². The van der Waals surface area contributed by atoms with Crippen LogP contribution in [0.2, 0.25) is 0 Å². The molecule has 4 rings (SSSR count). The molecule has 1 aliphatic carbocycles. The molecule has 1 aliphatic heterocycles. The number of amides is 3. The number of fused-ring (bicyclic) bond motifs is 2. The average molecular weight is 355 g/mol. The molecule has 0 unspecified atom stereocenters. The topological polar surface area (TPSA) is 73.2 Å². The van der Waals surface area contributed by atoms with E-state index in [0.29, 0.717) is 6.42 Å². The second-order valence-electron chi connectivity index (χ2n) is 6.26. The van der Waals surface area contributed by atoms with E-state index >= 15 is 0 Å². The first kappa shape index (κ1) is 15.8. The van der Waals surface area contributed by atoms with Crippen LogP contribution < -0.4 is 5.32 Å². The molecule has 1 aromatic heterocycles. The molecule has 1 atom stereocenters. The van der Waals surface area contributed by atoms with Gasteiger partial charge >= 0.3 is 6.03 Å². The van der Waals surface area contributed by atoms with Gasteiger partial charge in [0.1, 0.15) is 11.4 Å². The Morgan fingerprint density at radius 1 is 1.36 bits per heavy atom. The number of imide groups is 1. The van der Waals surface area contributed by atoms with E-state index < -0.39 is 17.4 Å². The van der Waals surface area contributed by atoms with Crippen molar-refractivity contribution >= 4 is 23.3 Å². The highest BCUT2D eigenvalue weighted by atomic mass is 32.1. The third-order valence-corrected chi connectivity index (χ3v) is 5.83. The summed E-state index contributed by atoms with van der Waals surface area (Å²) in [6.07, 6.45) is 2.27. The Morgan fingerprint density at radius 3 is 2.96 bits per heavy atom. The number of nitriles is 1. The zero-order chi connectivity index (χ0) is 17.6. The van der Waals surface area contributed by atoms with Gasteiger partial charge in [-0.25, -0.2) is 9.18 Å². The smallest absolute Gasteiger partial charge is 0.319 e. The third kappa shape index (κ3) is 2.33. The normalized spacial score (nSPS) is 22.0. The standard InChI is InChI=1S/C18H14FN3O2S/c19-14-8-11(9-20)3-4-12(14)10-22-16(23)18(21-17(22)24)6-1-2-15-13(18)5-7-25-15/h3-5,7-8H,1-2,6,10H2,(H,21,24)/t18-/m0/s1. The lowest BCUT2D eigenvalue weighted by atomic mass is 9.80. The zero-order valence-electron chi connectivity index (χ0n) is 13.2. The highest BCUT2D eigenvalue weighted by molar-refractivity contribution is 7.10. The van der Waals surface area contributed by atoms with Gasteiger partial charge in [0.05, 0.1) is 18.2 Å². The van der Waals surface area contributed by atoms with Crippen molar-refractivity contribution in [2.24, 2.45) is 0 Å². The summed E-state index contributed by atoms with van der Waals surface area (Å²) in [6, 6.07) is 7.28. The summed E-state index contributed by atoms with van der Waals surface area (Å²) in [5.41, 5.74) is 0.254. The molecule has 0 radical (unpaired) electrons. The van der Waals surface area contributed by atoms with Gasteiger partial charge in [0.25, 0.3) is 5.91 Å². The maximum Gasteiger partial charge on any atom is 0.325 e. The summed E-state index contributed by atoms with van der Waals surface area (Å²) >= 11 is 1.59. The fraction of sp³-hybridized carbons (Fsp3) is 0.278. The minimum Gasteiger partial charge on any atom is -0.319 e. The van der Waals surface area contributed by atoms with Crippen LogP contribution in [-0.4, -0.2) is 16.8 Å². The van der Waals surface area contributed by atoms with Crippen molar-refractivity contribution in [3.05, 3.63) is 57.0 Å². The Bertz CT molecular complexity index is 933. The van der Waals surface area contributed by atoms with Gasteiger partial charge in [0, 0.05) is 16.0 Å². The number of hydrogen-bond acceptors (Lipinski definition) is 4. The van der Waals surface area contributed by atoms with Crippen molar-refractivity contribution < 1.29 is 14.0 Å². The second kappa shape index (κ2) is 5.67. The molecule has 2 heterocycles. The average Bonchev–Trinajstić information content (AvgIpc) is 3.17. The Morgan fingerprint density at radius 2 is 2.20 bits per heavy atom. The molecule has 3 amide bonds. The molecular formula is C18H14FN3O2S. The SMILES string of the molecule is N#Cc1ccc(CN2C(=O)N[C@]3(CCCc4sccc43)C2=O)c(F)c1. The van der Waals surface area contributed by atoms with Gasteiger partial charge in [-0.2, -0.15) is 5.26 Å². The van der Waals surface area contributed by atoms with Crippen molar-refractivity contribution in [1.82, 2.24) is 10.2 Å². The van der Waals surface area contributed by atoms with E-state index in [0.717, 1.165) is 34.2 Å². The summed E-state index contributed by atoms with van der Waals surface area (Å²) in [5, 5.41) is 13.6. The lowest BCUT2D eigenvalue weighted by Gasteiger charge is -2.31. The molecule has 25 heavy (non-hydrogen) atoms. The fourth-order valence-electron chi connectivity index (χ4n) is 3.60. The van der Waals surface area contributed by atoms with Crippen molar-refractivity contribution in [3.8, 4) is 6.07 Å². The van der Waals surface area contributed by atoms with Crippen LogP contribution in [0.4, 0.5) is 9.18 Å². The van der Waals surface area contributed by atoms with Gasteiger partial charge in [-0.05, 0) is 42.8 Å². The molecule has 126 valence electrons. The Balaban J connectivity index is 1.67. The minimum atomic E-state index is -1.02. The number of nitrogens with zero attached hydrogens (tertiary/aromatic N) is 2. The first-order valence-corrected chi connectivity index (χ1v) is 8.82. The van der Waals surface area contributed by atoms with Gasteiger partial charge in [0.2, 0.25) is 0 Å². The van der Waals surface area contributed by atoms with Crippen LogP contribution in [0.25, 0.3) is 0 Å². The van der Waals surface area contributed by atoms with Crippen LogP contribution in [0.1, 0.15) is 34.4 Å². The molecule has 2 aromatic rings. The number of halogens is 1. The Hall–Kier alpha value is -2.72. The molecule has 1 fully saturated rings. The zero-order valence-corrected chi connectivity index (χ0v) is 14.0. The van der Waals surface area contributed by atoms with E-state index in [1.54, 1.807) is 11.3 Å². The number of hydrogen-bond donors (Lipinski definition) is 1. The summed E-state index contributed by atoms with van der Waals surface area (Å²) in [6.45, 7) is -0.149. The molecule has 2 aliphatic rings. The molecule has 7 heteroatoms. The monoisotopic (exact) mass is 355 g/mol. The van der Waals surface area contributed by atoms with Crippen molar-refractivity contribution in [2.45, 2.75) is 31.3 Å². The van der Waals surface area contributed by atoms with Gasteiger partial charge in [-0.3, -0.25) is 9.69 Å². The van der Waals surface area contributed by atoms with Gasteiger partial charge in [0.15, 0.2) is 0 Å². The number of carbonyl (C=O) groups is 2. The van der Waals surface area contributed by atoms with Crippen LogP contribution in [0.15, 0.2) is 29.6 Å². The predicted molar refractivity (Wildman–Crippen MR) is 89.1 cm³/mol. The lowest BCUT2D eigenvalue weighted by molar-refractivity contribution is -0.132. The number of rotatable bonds is 2. The first-order valence-electron chi connectivity index (χ1n) is 7.94. The molecule has 5 nitrogen and oxygen atoms in total. The van der Waals surface area contributed by atoms with Crippen LogP contribution in [0.3, 0.4) is 0 Å². The number of benzene rings is 1. The summed E-state index contributed by atoms with van der Waals surface area (Å²) in [7, 11) is 0. The van der Waals surface area contributed by atoms with E-state index in [1.807, 2.05) is 17.5 Å². The van der Waals surface area contributed by atoms with Crippen molar-refractivity contribution in [2.75, 3.05) is 0 Å². The van der Waals surface area contributed by atoms with Crippen LogP contribution >= 0.6 is 11.3 Å². The van der Waals surface area contributed by atoms with Crippen molar-refractivity contribution in [1.29, 1.82) is 5.26 Å².